The van der Waals surface area contributed by atoms with Crippen molar-refractivity contribution in [3.8, 4) is 0 Å². The van der Waals surface area contributed by atoms with Crippen LogP contribution in [0.15, 0.2) is 12.1 Å². The third-order valence-electron chi connectivity index (χ3n) is 8.06. The number of benzene rings is 1. The maximum atomic E-state index is 12.9. The molecule has 4 atom stereocenters. The van der Waals surface area contributed by atoms with E-state index in [9.17, 15) is 4.79 Å². The third-order valence-corrected chi connectivity index (χ3v) is 8.67. The van der Waals surface area contributed by atoms with Crippen LogP contribution in [0.3, 0.4) is 0 Å². The van der Waals surface area contributed by atoms with Crippen LogP contribution in [0.1, 0.15) is 81.4 Å². The van der Waals surface area contributed by atoms with Crippen LogP contribution in [0.2, 0.25) is 6.32 Å². The van der Waals surface area contributed by atoms with Crippen LogP contribution in [0.4, 0.5) is 0 Å². The number of esters is 1. The Morgan fingerprint density at radius 2 is 1.90 bits per heavy atom. The minimum absolute atomic E-state index is 0.167. The van der Waals surface area contributed by atoms with Gasteiger partial charge in [0, 0.05) is 5.33 Å². The van der Waals surface area contributed by atoms with Gasteiger partial charge >= 0.3 is 13.1 Å². The molecule has 0 amide bonds. The summed E-state index contributed by atoms with van der Waals surface area (Å²) in [5.41, 5.74) is 3.46. The van der Waals surface area contributed by atoms with E-state index >= 15 is 0 Å². The first-order valence-corrected chi connectivity index (χ1v) is 12.7. The molecule has 31 heavy (non-hydrogen) atoms. The van der Waals surface area contributed by atoms with Crippen LogP contribution in [-0.4, -0.2) is 30.4 Å². The lowest BCUT2D eigenvalue weighted by Gasteiger charge is -2.64. The van der Waals surface area contributed by atoms with Crippen molar-refractivity contribution in [3.63, 3.8) is 0 Å². The molecule has 3 saturated carbocycles. The van der Waals surface area contributed by atoms with Crippen molar-refractivity contribution in [1.82, 2.24) is 0 Å². The molecule has 4 fully saturated rings. The van der Waals surface area contributed by atoms with E-state index in [4.69, 9.17) is 14.0 Å². The second kappa shape index (κ2) is 7.88. The van der Waals surface area contributed by atoms with E-state index in [0.29, 0.717) is 22.2 Å². The van der Waals surface area contributed by atoms with Crippen LogP contribution in [0.5, 0.6) is 0 Å². The highest BCUT2D eigenvalue weighted by atomic mass is 79.9. The monoisotopic (exact) mass is 490 g/mol. The van der Waals surface area contributed by atoms with Gasteiger partial charge in [0.05, 0.1) is 17.3 Å². The molecule has 1 aromatic rings. The average molecular weight is 491 g/mol. The molecule has 0 radical (unpaired) electrons. The van der Waals surface area contributed by atoms with Gasteiger partial charge in [-0.1, -0.05) is 41.9 Å². The molecular formula is C25H36BBrO4. The fourth-order valence-corrected chi connectivity index (χ4v) is 6.62. The average Bonchev–Trinajstić information content (AvgIpc) is 3.00. The zero-order chi connectivity index (χ0) is 22.8. The number of carbonyl (C=O) groups is 1. The minimum atomic E-state index is -0.519. The summed E-state index contributed by atoms with van der Waals surface area (Å²) in [5, 5.41) is 0.621. The number of hydrogen-bond acceptors (Lipinski definition) is 4. The maximum Gasteiger partial charge on any atom is 0.457 e. The standard InChI is InChI=1S/C25H36BBrO4/c1-15-16(8-9-17(14-27)21(15)22(28)29-23(2,3)4)10-11-26-30-20-13-18-12-19(24(18,5)6)25(20,7)31-26/h8-9,18-20H,10-14H2,1-7H3/t18?,19?,20?,25-/m0/s1. The van der Waals surface area contributed by atoms with E-state index in [1.165, 1.54) is 6.42 Å². The molecule has 6 heteroatoms. The highest BCUT2D eigenvalue weighted by Crippen LogP contribution is 2.65. The molecule has 4 nitrogen and oxygen atoms in total. The van der Waals surface area contributed by atoms with Gasteiger partial charge in [0.1, 0.15) is 5.60 Å². The highest BCUT2D eigenvalue weighted by molar-refractivity contribution is 9.08. The maximum absolute atomic E-state index is 12.9. The summed E-state index contributed by atoms with van der Waals surface area (Å²) in [7, 11) is -0.176. The number of carbonyl (C=O) groups excluding carboxylic acids is 1. The van der Waals surface area contributed by atoms with Gasteiger partial charge in [-0.25, -0.2) is 4.79 Å². The molecule has 5 rings (SSSR count). The number of alkyl halides is 1. The third kappa shape index (κ3) is 4.02. The fourth-order valence-electron chi connectivity index (χ4n) is 6.16. The largest absolute Gasteiger partial charge is 0.457 e. The van der Waals surface area contributed by atoms with Crippen LogP contribution in [-0.2, 0) is 25.8 Å². The lowest BCUT2D eigenvalue weighted by Crippen LogP contribution is -2.65. The Morgan fingerprint density at radius 1 is 1.23 bits per heavy atom. The van der Waals surface area contributed by atoms with Crippen molar-refractivity contribution in [2.75, 3.05) is 0 Å². The van der Waals surface area contributed by atoms with Crippen molar-refractivity contribution >= 4 is 29.0 Å². The quantitative estimate of drug-likeness (QED) is 0.283. The van der Waals surface area contributed by atoms with Crippen molar-refractivity contribution < 1.29 is 18.8 Å². The number of hydrogen-bond donors (Lipinski definition) is 0. The number of halogens is 1. The van der Waals surface area contributed by atoms with Crippen molar-refractivity contribution in [2.45, 2.75) is 96.7 Å². The topological polar surface area (TPSA) is 44.8 Å². The Kier molecular flexibility index (Phi) is 5.93. The lowest BCUT2D eigenvalue weighted by molar-refractivity contribution is -0.199. The number of rotatable bonds is 5. The lowest BCUT2D eigenvalue weighted by atomic mass is 9.43. The Hall–Kier alpha value is -0.845. The summed E-state index contributed by atoms with van der Waals surface area (Å²) in [5.74, 6) is 1.08. The molecule has 4 aliphatic rings. The number of ether oxygens (including phenoxy) is 1. The first kappa shape index (κ1) is 23.3. The molecule has 3 unspecified atom stereocenters. The van der Waals surface area contributed by atoms with E-state index in [0.717, 1.165) is 41.8 Å². The summed E-state index contributed by atoms with van der Waals surface area (Å²) in [6, 6.07) is 4.16. The van der Waals surface area contributed by atoms with E-state index in [1.807, 2.05) is 33.8 Å². The Balaban J connectivity index is 1.47. The molecule has 3 aliphatic carbocycles. The van der Waals surface area contributed by atoms with E-state index < -0.39 is 5.60 Å². The second-order valence-corrected chi connectivity index (χ2v) is 12.0. The van der Waals surface area contributed by atoms with Gasteiger partial charge in [-0.15, -0.1) is 0 Å². The molecule has 2 bridgehead atoms. The summed E-state index contributed by atoms with van der Waals surface area (Å²) < 4.78 is 18.6. The zero-order valence-electron chi connectivity index (χ0n) is 20.0. The van der Waals surface area contributed by atoms with Gasteiger partial charge in [0.2, 0.25) is 0 Å². The highest BCUT2D eigenvalue weighted by Gasteiger charge is 2.67. The van der Waals surface area contributed by atoms with Crippen LogP contribution < -0.4 is 0 Å². The Labute approximate surface area is 196 Å². The molecule has 1 aliphatic heterocycles. The first-order valence-electron chi connectivity index (χ1n) is 11.6. The molecule has 0 N–H and O–H groups in total. The van der Waals surface area contributed by atoms with Gasteiger partial charge in [0.15, 0.2) is 0 Å². The summed E-state index contributed by atoms with van der Waals surface area (Å²) >= 11 is 3.52. The van der Waals surface area contributed by atoms with Gasteiger partial charge in [-0.3, -0.25) is 0 Å². The molecular weight excluding hydrogens is 455 g/mol. The van der Waals surface area contributed by atoms with Crippen molar-refractivity contribution in [2.24, 2.45) is 17.3 Å². The zero-order valence-corrected chi connectivity index (χ0v) is 21.6. The summed E-state index contributed by atoms with van der Waals surface area (Å²) in [6.45, 7) is 14.8. The Morgan fingerprint density at radius 3 is 2.52 bits per heavy atom. The van der Waals surface area contributed by atoms with Gasteiger partial charge in [0.25, 0.3) is 0 Å². The molecule has 1 saturated heterocycles. The summed E-state index contributed by atoms with van der Waals surface area (Å²) in [6.07, 6.45) is 4.20. The van der Waals surface area contributed by atoms with Crippen LogP contribution in [0, 0.1) is 24.2 Å². The van der Waals surface area contributed by atoms with E-state index in [-0.39, 0.29) is 24.8 Å². The molecule has 0 aromatic heterocycles. The second-order valence-electron chi connectivity index (χ2n) is 11.5. The van der Waals surface area contributed by atoms with E-state index in [2.05, 4.69) is 42.8 Å². The normalized spacial score (nSPS) is 31.2. The Bertz CT molecular complexity index is 877. The fraction of sp³-hybridized carbons (Fsp3) is 0.720. The molecule has 0 spiro atoms. The predicted octanol–water partition coefficient (Wildman–Crippen LogP) is 6.12. The van der Waals surface area contributed by atoms with Crippen molar-refractivity contribution in [1.29, 1.82) is 0 Å². The van der Waals surface area contributed by atoms with E-state index in [1.54, 1.807) is 0 Å². The van der Waals surface area contributed by atoms with Crippen LogP contribution in [0.25, 0.3) is 0 Å². The number of aryl methyl sites for hydroxylation is 1. The van der Waals surface area contributed by atoms with Gasteiger partial charge in [-0.2, -0.15) is 0 Å². The predicted molar refractivity (Wildman–Crippen MR) is 128 cm³/mol. The SMILES string of the molecule is Cc1c(CCB2OC3CC4CC(C4(C)C)[C@]3(C)O2)ccc(CBr)c1C(=O)OC(C)(C)C. The molecule has 1 heterocycles. The minimum Gasteiger partial charge on any atom is -0.456 e. The van der Waals surface area contributed by atoms with Gasteiger partial charge in [-0.05, 0) is 94.1 Å². The van der Waals surface area contributed by atoms with Gasteiger partial charge < -0.3 is 14.0 Å². The first-order chi connectivity index (χ1) is 14.4. The summed E-state index contributed by atoms with van der Waals surface area (Å²) in [4.78, 5) is 12.9. The smallest absolute Gasteiger partial charge is 0.456 e. The molecule has 1 aromatic carbocycles. The van der Waals surface area contributed by atoms with Crippen molar-refractivity contribution in [3.05, 3.63) is 34.4 Å². The van der Waals surface area contributed by atoms with Crippen LogP contribution >= 0.6 is 15.9 Å². The molecule has 170 valence electrons.